The van der Waals surface area contributed by atoms with E-state index in [0.29, 0.717) is 5.56 Å². The molecule has 1 amide bonds. The maximum atomic E-state index is 11.9. The van der Waals surface area contributed by atoms with Gasteiger partial charge in [-0.2, -0.15) is 0 Å². The summed E-state index contributed by atoms with van der Waals surface area (Å²) in [6.07, 6.45) is 5.62. The van der Waals surface area contributed by atoms with Gasteiger partial charge in [-0.1, -0.05) is 6.92 Å². The van der Waals surface area contributed by atoms with Crippen LogP contribution in [0.15, 0.2) is 24.5 Å². The largest absolute Gasteiger partial charge is 0.351 e. The summed E-state index contributed by atoms with van der Waals surface area (Å²) < 4.78 is 0. The summed E-state index contributed by atoms with van der Waals surface area (Å²) in [6, 6.07) is 3.47. The first-order chi connectivity index (χ1) is 8.20. The van der Waals surface area contributed by atoms with Gasteiger partial charge in [0.2, 0.25) is 0 Å². The van der Waals surface area contributed by atoms with Crippen molar-refractivity contribution in [2.45, 2.75) is 19.8 Å². The zero-order chi connectivity index (χ0) is 12.1. The molecule has 19 heavy (non-hydrogen) atoms. The van der Waals surface area contributed by atoms with Gasteiger partial charge < -0.3 is 10.6 Å². The number of carbonyl (C=O) groups is 1. The third-order valence-electron chi connectivity index (χ3n) is 3.30. The van der Waals surface area contributed by atoms with E-state index in [9.17, 15) is 4.79 Å². The highest BCUT2D eigenvalue weighted by Crippen LogP contribution is 2.24. The van der Waals surface area contributed by atoms with E-state index in [0.717, 1.165) is 26.1 Å². The van der Waals surface area contributed by atoms with E-state index in [1.807, 2.05) is 0 Å². The highest BCUT2D eigenvalue weighted by molar-refractivity contribution is 5.93. The molecule has 0 bridgehead atoms. The number of halogens is 2. The Morgan fingerprint density at radius 3 is 2.68 bits per heavy atom. The van der Waals surface area contributed by atoms with Gasteiger partial charge in [-0.25, -0.2) is 0 Å². The summed E-state index contributed by atoms with van der Waals surface area (Å²) in [7, 11) is 0. The van der Waals surface area contributed by atoms with Crippen LogP contribution in [0.25, 0.3) is 0 Å². The molecule has 6 heteroatoms. The number of amides is 1. The Balaban J connectivity index is 0.00000162. The molecule has 1 atom stereocenters. The molecule has 0 aliphatic carbocycles. The second kappa shape index (κ2) is 8.35. The highest BCUT2D eigenvalue weighted by Gasteiger charge is 2.27. The summed E-state index contributed by atoms with van der Waals surface area (Å²) in [5.41, 5.74) is 0.855. The molecule has 2 heterocycles. The maximum absolute atomic E-state index is 11.9. The molecule has 0 saturated carbocycles. The predicted molar refractivity (Wildman–Crippen MR) is 81.3 cm³/mol. The summed E-state index contributed by atoms with van der Waals surface area (Å²) >= 11 is 0. The lowest BCUT2D eigenvalue weighted by Crippen LogP contribution is -2.45. The van der Waals surface area contributed by atoms with Gasteiger partial charge >= 0.3 is 0 Å². The van der Waals surface area contributed by atoms with E-state index in [4.69, 9.17) is 0 Å². The Labute approximate surface area is 126 Å². The number of aromatic nitrogens is 1. The van der Waals surface area contributed by atoms with E-state index < -0.39 is 0 Å². The standard InChI is InChI=1S/C13H19N3O.2ClH/c1-13(5-2-6-15-9-13)10-16-12(17)11-3-7-14-8-4-11;;/h3-4,7-8,15H,2,5-6,9-10H2,1H3,(H,16,17);2*1H. The van der Waals surface area contributed by atoms with E-state index in [2.05, 4.69) is 22.5 Å². The molecule has 1 unspecified atom stereocenters. The van der Waals surface area contributed by atoms with Gasteiger partial charge in [0.15, 0.2) is 0 Å². The Morgan fingerprint density at radius 2 is 2.11 bits per heavy atom. The fourth-order valence-corrected chi connectivity index (χ4v) is 2.17. The minimum absolute atomic E-state index is 0. The van der Waals surface area contributed by atoms with Gasteiger partial charge in [-0.05, 0) is 36.9 Å². The minimum atomic E-state index is -0.0146. The molecule has 108 valence electrons. The summed E-state index contributed by atoms with van der Waals surface area (Å²) in [6.45, 7) is 5.00. The Hall–Kier alpha value is -0.840. The maximum Gasteiger partial charge on any atom is 0.251 e. The molecule has 1 fully saturated rings. The lowest BCUT2D eigenvalue weighted by molar-refractivity contribution is 0.0924. The zero-order valence-electron chi connectivity index (χ0n) is 11.0. The first-order valence-corrected chi connectivity index (χ1v) is 6.09. The summed E-state index contributed by atoms with van der Waals surface area (Å²) in [4.78, 5) is 15.8. The monoisotopic (exact) mass is 305 g/mol. The van der Waals surface area contributed by atoms with E-state index >= 15 is 0 Å². The minimum Gasteiger partial charge on any atom is -0.351 e. The van der Waals surface area contributed by atoms with Crippen LogP contribution < -0.4 is 10.6 Å². The quantitative estimate of drug-likeness (QED) is 0.898. The van der Waals surface area contributed by atoms with Crippen molar-refractivity contribution in [3.8, 4) is 0 Å². The topological polar surface area (TPSA) is 54.0 Å². The fraction of sp³-hybridized carbons (Fsp3) is 0.538. The number of rotatable bonds is 3. The van der Waals surface area contributed by atoms with Crippen molar-refractivity contribution in [2.24, 2.45) is 5.41 Å². The Bertz CT molecular complexity index is 381. The molecule has 1 saturated heterocycles. The molecule has 2 rings (SSSR count). The molecule has 1 aliphatic rings. The van der Waals surface area contributed by atoms with Crippen LogP contribution in [0, 0.1) is 5.41 Å². The number of nitrogens with zero attached hydrogens (tertiary/aromatic N) is 1. The van der Waals surface area contributed by atoms with E-state index in [1.165, 1.54) is 6.42 Å². The van der Waals surface area contributed by atoms with Crippen LogP contribution in [0.4, 0.5) is 0 Å². The molecule has 1 aromatic heterocycles. The highest BCUT2D eigenvalue weighted by atomic mass is 35.5. The first-order valence-electron chi connectivity index (χ1n) is 6.09. The van der Waals surface area contributed by atoms with Gasteiger partial charge in [-0.15, -0.1) is 24.8 Å². The second-order valence-corrected chi connectivity index (χ2v) is 5.01. The van der Waals surface area contributed by atoms with E-state index in [-0.39, 0.29) is 36.1 Å². The van der Waals surface area contributed by atoms with Gasteiger partial charge in [0.25, 0.3) is 5.91 Å². The predicted octanol–water partition coefficient (Wildman–Crippen LogP) is 2.04. The van der Waals surface area contributed by atoms with Crippen molar-refractivity contribution in [1.82, 2.24) is 15.6 Å². The molecule has 0 aromatic carbocycles. The summed E-state index contributed by atoms with van der Waals surface area (Å²) in [5.74, 6) is -0.0146. The number of hydrogen-bond acceptors (Lipinski definition) is 3. The first kappa shape index (κ1) is 18.2. The molecule has 1 aliphatic heterocycles. The average Bonchev–Trinajstić information content (AvgIpc) is 2.38. The lowest BCUT2D eigenvalue weighted by atomic mass is 9.83. The van der Waals surface area contributed by atoms with Crippen molar-refractivity contribution in [3.63, 3.8) is 0 Å². The van der Waals surface area contributed by atoms with Crippen LogP contribution in [-0.2, 0) is 0 Å². The third kappa shape index (κ3) is 5.35. The normalized spacial score (nSPS) is 21.7. The van der Waals surface area contributed by atoms with Crippen molar-refractivity contribution >= 4 is 30.7 Å². The molecule has 0 spiro atoms. The van der Waals surface area contributed by atoms with Crippen LogP contribution in [0.1, 0.15) is 30.1 Å². The van der Waals surface area contributed by atoms with Crippen LogP contribution in [0.5, 0.6) is 0 Å². The molecular formula is C13H21Cl2N3O. The van der Waals surface area contributed by atoms with Gasteiger partial charge in [0.1, 0.15) is 0 Å². The molecule has 0 radical (unpaired) electrons. The van der Waals surface area contributed by atoms with Crippen LogP contribution >= 0.6 is 24.8 Å². The van der Waals surface area contributed by atoms with Gasteiger partial charge in [-0.3, -0.25) is 9.78 Å². The van der Waals surface area contributed by atoms with Crippen LogP contribution in [0.2, 0.25) is 0 Å². The molecule has 1 aromatic rings. The van der Waals surface area contributed by atoms with Crippen molar-refractivity contribution in [3.05, 3.63) is 30.1 Å². The van der Waals surface area contributed by atoms with Gasteiger partial charge in [0.05, 0.1) is 0 Å². The molecular weight excluding hydrogens is 285 g/mol. The SMILES string of the molecule is CC1(CNC(=O)c2ccncc2)CCCNC1.Cl.Cl. The van der Waals surface area contributed by atoms with Crippen LogP contribution in [-0.4, -0.2) is 30.5 Å². The smallest absolute Gasteiger partial charge is 0.251 e. The summed E-state index contributed by atoms with van der Waals surface area (Å²) in [5, 5.41) is 6.38. The number of hydrogen-bond donors (Lipinski definition) is 2. The Kier molecular flexibility index (Phi) is 7.99. The average molecular weight is 306 g/mol. The van der Waals surface area contributed by atoms with E-state index in [1.54, 1.807) is 24.5 Å². The van der Waals surface area contributed by atoms with Crippen molar-refractivity contribution in [1.29, 1.82) is 0 Å². The number of pyridine rings is 1. The second-order valence-electron chi connectivity index (χ2n) is 5.01. The third-order valence-corrected chi connectivity index (χ3v) is 3.30. The zero-order valence-corrected chi connectivity index (χ0v) is 12.6. The fourth-order valence-electron chi connectivity index (χ4n) is 2.17. The lowest BCUT2D eigenvalue weighted by Gasteiger charge is -2.34. The van der Waals surface area contributed by atoms with Crippen molar-refractivity contribution in [2.75, 3.05) is 19.6 Å². The Morgan fingerprint density at radius 1 is 1.42 bits per heavy atom. The number of carbonyl (C=O) groups excluding carboxylic acids is 1. The number of piperidine rings is 1. The van der Waals surface area contributed by atoms with Crippen LogP contribution in [0.3, 0.4) is 0 Å². The molecule has 2 N–H and O–H groups in total. The molecule has 4 nitrogen and oxygen atoms in total. The van der Waals surface area contributed by atoms with Crippen molar-refractivity contribution < 1.29 is 4.79 Å². The number of nitrogens with one attached hydrogen (secondary N) is 2. The van der Waals surface area contributed by atoms with Gasteiger partial charge in [0, 0.05) is 31.0 Å².